The Hall–Kier alpha value is -4.71. The Balaban J connectivity index is 1.06. The highest BCUT2D eigenvalue weighted by Gasteiger charge is 2.43. The number of hydrogen-bond donors (Lipinski definition) is 0. The molecule has 0 amide bonds. The van der Waals surface area contributed by atoms with E-state index in [4.69, 9.17) is 0 Å². The summed E-state index contributed by atoms with van der Waals surface area (Å²) >= 11 is 7.82. The van der Waals surface area contributed by atoms with Crippen molar-refractivity contribution in [1.82, 2.24) is 0 Å². The molecule has 6 heteroatoms. The van der Waals surface area contributed by atoms with Crippen LogP contribution in [-0.4, -0.2) is 13.4 Å². The van der Waals surface area contributed by atoms with Gasteiger partial charge in [0.25, 0.3) is 0 Å². The molecule has 0 unspecified atom stereocenters. The zero-order valence-corrected chi connectivity index (χ0v) is 32.2. The van der Waals surface area contributed by atoms with Gasteiger partial charge in [0, 0.05) is 39.2 Å². The van der Waals surface area contributed by atoms with E-state index >= 15 is 0 Å². The van der Waals surface area contributed by atoms with E-state index in [9.17, 15) is 0 Å². The van der Waals surface area contributed by atoms with E-state index in [-0.39, 0.29) is 13.4 Å². The highest BCUT2D eigenvalue weighted by atomic mass is 32.2. The fourth-order valence-electron chi connectivity index (χ4n) is 8.94. The van der Waals surface area contributed by atoms with Crippen molar-refractivity contribution in [1.29, 1.82) is 0 Å². The first-order valence-corrected chi connectivity index (χ1v) is 21.6. The average Bonchev–Trinajstić information content (AvgIpc) is 3.23. The summed E-state index contributed by atoms with van der Waals surface area (Å²) < 4.78 is 0. The molecule has 0 fully saturated rings. The van der Waals surface area contributed by atoms with Gasteiger partial charge in [-0.05, 0) is 86.8 Å². The minimum Gasteiger partial charge on any atom is -0.0911 e. The third kappa shape index (κ3) is 4.87. The van der Waals surface area contributed by atoms with Crippen LogP contribution in [0, 0.1) is 0 Å². The summed E-state index contributed by atoms with van der Waals surface area (Å²) in [6.07, 6.45) is 0. The van der Waals surface area contributed by atoms with Crippen LogP contribution >= 0.6 is 47.0 Å². The molecule has 4 aliphatic rings. The van der Waals surface area contributed by atoms with E-state index < -0.39 is 0 Å². The van der Waals surface area contributed by atoms with E-state index in [1.165, 1.54) is 105 Å². The normalized spacial score (nSPS) is 13.9. The highest BCUT2D eigenvalue weighted by Crippen LogP contribution is 2.45. The third-order valence-corrected chi connectivity index (χ3v) is 15.9. The zero-order valence-electron chi connectivity index (χ0n) is 29.0. The van der Waals surface area contributed by atoms with Crippen molar-refractivity contribution < 1.29 is 0 Å². The van der Waals surface area contributed by atoms with Crippen LogP contribution in [0.5, 0.6) is 0 Å². The monoisotopic (exact) mass is 754 g/mol. The Morgan fingerprint density at radius 2 is 0.667 bits per heavy atom. The Bertz CT molecular complexity index is 2850. The van der Waals surface area contributed by atoms with Crippen molar-refractivity contribution in [2.75, 3.05) is 0 Å². The van der Waals surface area contributed by atoms with E-state index in [2.05, 4.69) is 170 Å². The van der Waals surface area contributed by atoms with Crippen molar-refractivity contribution in [3.63, 3.8) is 0 Å². The maximum Gasteiger partial charge on any atom is 0.247 e. The van der Waals surface area contributed by atoms with Gasteiger partial charge in [-0.15, -0.1) is 0 Å². The molecular weight excluding hydrogens is 726 g/mol. The largest absolute Gasteiger partial charge is 0.247 e. The second-order valence-corrected chi connectivity index (χ2v) is 18.7. The number of hydrogen-bond acceptors (Lipinski definition) is 4. The minimum absolute atomic E-state index is 0.187. The standard InChI is InChI=1S/C48H28B2S4/c1-3-13-29(14-4-1)31-23-43-47-44(24-31)53-41-28-42-38(27-37(41)49(47)35-19-9-11-21-39(35)51-43)50-36-20-10-12-22-40(36)52-45-25-32(26-46(54-42)48(45)50)34-18-8-7-17-33(34)30-15-5-2-6-16-30/h1-28H. The van der Waals surface area contributed by atoms with Crippen LogP contribution in [0.1, 0.15) is 0 Å². The molecule has 0 spiro atoms. The molecule has 8 aromatic carbocycles. The van der Waals surface area contributed by atoms with Crippen molar-refractivity contribution >= 4 is 93.2 Å². The summed E-state index contributed by atoms with van der Waals surface area (Å²) in [6.45, 7) is 0.390. The molecule has 0 atom stereocenters. The fraction of sp³-hybridized carbons (Fsp3) is 0. The van der Waals surface area contributed by atoms with Gasteiger partial charge in [0.15, 0.2) is 0 Å². The first-order chi connectivity index (χ1) is 26.7. The molecule has 0 nitrogen and oxygen atoms in total. The summed E-state index contributed by atoms with van der Waals surface area (Å²) in [4.78, 5) is 11.0. The fourth-order valence-corrected chi connectivity index (χ4v) is 14.0. The van der Waals surface area contributed by atoms with Crippen molar-refractivity contribution in [3.8, 4) is 33.4 Å². The Morgan fingerprint density at radius 1 is 0.259 bits per heavy atom. The summed E-state index contributed by atoms with van der Waals surface area (Å²) in [6, 6.07) is 63.8. The molecule has 0 radical (unpaired) electrons. The smallest absolute Gasteiger partial charge is 0.0911 e. The second kappa shape index (κ2) is 12.4. The van der Waals surface area contributed by atoms with Crippen LogP contribution in [0.25, 0.3) is 33.4 Å². The number of benzene rings is 8. The first-order valence-electron chi connectivity index (χ1n) is 18.4. The summed E-state index contributed by atoms with van der Waals surface area (Å²) in [5, 5.41) is 0. The highest BCUT2D eigenvalue weighted by molar-refractivity contribution is 8.02. The van der Waals surface area contributed by atoms with Gasteiger partial charge in [-0.25, -0.2) is 0 Å². The van der Waals surface area contributed by atoms with Gasteiger partial charge >= 0.3 is 0 Å². The molecule has 4 aliphatic heterocycles. The van der Waals surface area contributed by atoms with Gasteiger partial charge in [-0.1, -0.05) is 196 Å². The lowest BCUT2D eigenvalue weighted by molar-refractivity contribution is 1.29. The lowest BCUT2D eigenvalue weighted by Crippen LogP contribution is -2.62. The van der Waals surface area contributed by atoms with Gasteiger partial charge in [0.1, 0.15) is 0 Å². The Kier molecular flexibility index (Phi) is 7.27. The van der Waals surface area contributed by atoms with Crippen LogP contribution in [0.3, 0.4) is 0 Å². The van der Waals surface area contributed by atoms with Crippen LogP contribution in [0.2, 0.25) is 0 Å². The molecule has 0 aromatic heterocycles. The summed E-state index contributed by atoms with van der Waals surface area (Å²) in [5.41, 5.74) is 16.3. The minimum atomic E-state index is 0.187. The molecule has 250 valence electrons. The average molecular weight is 755 g/mol. The molecule has 4 heterocycles. The lowest BCUT2D eigenvalue weighted by atomic mass is 9.33. The predicted molar refractivity (Wildman–Crippen MR) is 234 cm³/mol. The molecule has 0 N–H and O–H groups in total. The van der Waals surface area contributed by atoms with E-state index in [1.807, 2.05) is 47.0 Å². The van der Waals surface area contributed by atoms with Crippen LogP contribution in [0.4, 0.5) is 0 Å². The maximum atomic E-state index is 2.61. The van der Waals surface area contributed by atoms with Crippen molar-refractivity contribution in [2.45, 2.75) is 39.2 Å². The molecular formula is C48H28B2S4. The van der Waals surface area contributed by atoms with E-state index in [0.717, 1.165) is 0 Å². The molecule has 0 saturated carbocycles. The van der Waals surface area contributed by atoms with Gasteiger partial charge in [-0.3, -0.25) is 0 Å². The predicted octanol–water partition coefficient (Wildman–Crippen LogP) is 9.58. The molecule has 54 heavy (non-hydrogen) atoms. The Labute approximate surface area is 333 Å². The second-order valence-electron chi connectivity index (χ2n) is 14.3. The molecule has 0 aliphatic carbocycles. The summed E-state index contributed by atoms with van der Waals surface area (Å²) in [7, 11) is 0. The Morgan fingerprint density at radius 3 is 1.20 bits per heavy atom. The van der Waals surface area contributed by atoms with Crippen LogP contribution < -0.4 is 32.8 Å². The van der Waals surface area contributed by atoms with Crippen molar-refractivity contribution in [2.24, 2.45) is 0 Å². The number of fused-ring (bicyclic) bond motifs is 8. The van der Waals surface area contributed by atoms with Gasteiger partial charge in [0.2, 0.25) is 13.4 Å². The first kappa shape index (κ1) is 31.6. The number of rotatable bonds is 3. The summed E-state index contributed by atoms with van der Waals surface area (Å²) in [5.74, 6) is 0. The van der Waals surface area contributed by atoms with Gasteiger partial charge in [0.05, 0.1) is 0 Å². The third-order valence-electron chi connectivity index (χ3n) is 11.3. The quantitative estimate of drug-likeness (QED) is 0.165. The lowest BCUT2D eigenvalue weighted by Gasteiger charge is -2.37. The SMILES string of the molecule is c1ccc(-c2cc3c4c(c2)Sc2cc5c(cc2B4c2ccccc2S3)B2c3ccccc3Sc3cc(-c4ccccc4-c4ccccc4)cc(c32)S5)cc1. The van der Waals surface area contributed by atoms with E-state index in [0.29, 0.717) is 0 Å². The van der Waals surface area contributed by atoms with Gasteiger partial charge in [-0.2, -0.15) is 0 Å². The molecule has 12 rings (SSSR count). The van der Waals surface area contributed by atoms with Crippen LogP contribution in [0.15, 0.2) is 209 Å². The topological polar surface area (TPSA) is 0 Å². The zero-order chi connectivity index (χ0) is 35.3. The maximum absolute atomic E-state index is 2.61. The van der Waals surface area contributed by atoms with Crippen LogP contribution in [-0.2, 0) is 0 Å². The molecule has 0 bridgehead atoms. The van der Waals surface area contributed by atoms with E-state index in [1.54, 1.807) is 0 Å². The molecule has 8 aromatic rings. The van der Waals surface area contributed by atoms with Crippen molar-refractivity contribution in [3.05, 3.63) is 170 Å². The van der Waals surface area contributed by atoms with Gasteiger partial charge < -0.3 is 0 Å². The molecule has 0 saturated heterocycles.